The lowest BCUT2D eigenvalue weighted by Gasteiger charge is -2.47. The van der Waals surface area contributed by atoms with Gasteiger partial charge in [0.05, 0.1) is 11.6 Å². The zero-order valence-corrected chi connectivity index (χ0v) is 23.3. The second kappa shape index (κ2) is 10.9. The van der Waals surface area contributed by atoms with Crippen LogP contribution in [0.3, 0.4) is 0 Å². The Hall–Kier alpha value is -4.03. The second-order valence-electron chi connectivity index (χ2n) is 11.9. The molecule has 40 heavy (non-hydrogen) atoms. The van der Waals surface area contributed by atoms with Crippen LogP contribution in [0.2, 0.25) is 0 Å². The van der Waals surface area contributed by atoms with Crippen molar-refractivity contribution in [1.29, 1.82) is 5.26 Å². The number of nitrogens with one attached hydrogen (secondary N) is 1. The molecule has 1 saturated heterocycles. The number of nitriles is 1. The second-order valence-corrected chi connectivity index (χ2v) is 11.9. The number of imidazole rings is 1. The number of amides is 1. The Morgan fingerprint density at radius 1 is 1.27 bits per heavy atom. The SMILES string of the molecule is C[C@H]1CCCN(Cc2cc(C(=O)Nc3cccc(C4(Cc5nncn5C)CC(CC#N)C4)c3)c3nccn3c2)C1. The number of pyridine rings is 1. The molecule has 3 aromatic heterocycles. The molecule has 1 aromatic carbocycles. The van der Waals surface area contributed by atoms with Crippen molar-refractivity contribution in [2.75, 3.05) is 18.4 Å². The number of aryl methyl sites for hydroxylation is 1. The van der Waals surface area contributed by atoms with Crippen molar-refractivity contribution >= 4 is 17.2 Å². The summed E-state index contributed by atoms with van der Waals surface area (Å²) in [6.45, 7) is 5.30. The average molecular weight is 537 g/mol. The Balaban J connectivity index is 1.25. The van der Waals surface area contributed by atoms with Gasteiger partial charge in [0.2, 0.25) is 0 Å². The van der Waals surface area contributed by atoms with Gasteiger partial charge in [0.25, 0.3) is 5.91 Å². The summed E-state index contributed by atoms with van der Waals surface area (Å²) >= 11 is 0. The number of piperidine rings is 1. The van der Waals surface area contributed by atoms with Gasteiger partial charge in [-0.15, -0.1) is 10.2 Å². The van der Waals surface area contributed by atoms with Crippen LogP contribution in [-0.2, 0) is 25.4 Å². The summed E-state index contributed by atoms with van der Waals surface area (Å²) in [6.07, 6.45) is 13.1. The van der Waals surface area contributed by atoms with Crippen molar-refractivity contribution in [3.05, 3.63) is 77.8 Å². The summed E-state index contributed by atoms with van der Waals surface area (Å²) < 4.78 is 3.91. The lowest BCUT2D eigenvalue weighted by Crippen LogP contribution is -2.43. The summed E-state index contributed by atoms with van der Waals surface area (Å²) in [7, 11) is 1.96. The van der Waals surface area contributed by atoms with Gasteiger partial charge in [-0.25, -0.2) is 4.98 Å². The third kappa shape index (κ3) is 5.24. The molecule has 0 unspecified atom stereocenters. The zero-order chi connectivity index (χ0) is 27.7. The van der Waals surface area contributed by atoms with E-state index in [0.717, 1.165) is 61.5 Å². The maximum atomic E-state index is 13.7. The van der Waals surface area contributed by atoms with Crippen molar-refractivity contribution in [3.63, 3.8) is 0 Å². The highest BCUT2D eigenvalue weighted by atomic mass is 16.1. The van der Waals surface area contributed by atoms with Crippen LogP contribution in [0.4, 0.5) is 5.69 Å². The minimum Gasteiger partial charge on any atom is -0.322 e. The number of benzene rings is 1. The molecule has 1 atom stereocenters. The number of carbonyl (C=O) groups excluding carboxylic acids is 1. The number of nitrogens with zero attached hydrogens (tertiary/aromatic N) is 7. The molecule has 4 aromatic rings. The van der Waals surface area contributed by atoms with E-state index >= 15 is 0 Å². The Bertz CT molecular complexity index is 1560. The molecule has 1 aliphatic heterocycles. The monoisotopic (exact) mass is 536 g/mol. The van der Waals surface area contributed by atoms with Crippen molar-refractivity contribution in [2.24, 2.45) is 18.9 Å². The highest BCUT2D eigenvalue weighted by molar-refractivity contribution is 6.08. The van der Waals surface area contributed by atoms with E-state index < -0.39 is 0 Å². The van der Waals surface area contributed by atoms with Crippen molar-refractivity contribution < 1.29 is 4.79 Å². The Kier molecular flexibility index (Phi) is 7.11. The first-order valence-corrected chi connectivity index (χ1v) is 14.2. The largest absolute Gasteiger partial charge is 0.322 e. The van der Waals surface area contributed by atoms with Gasteiger partial charge >= 0.3 is 0 Å². The van der Waals surface area contributed by atoms with Crippen LogP contribution in [0.5, 0.6) is 0 Å². The smallest absolute Gasteiger partial charge is 0.259 e. The molecule has 2 aliphatic rings. The number of hydrogen-bond donors (Lipinski definition) is 1. The maximum absolute atomic E-state index is 13.7. The molecule has 206 valence electrons. The van der Waals surface area contributed by atoms with Crippen LogP contribution < -0.4 is 5.32 Å². The molecule has 1 amide bonds. The van der Waals surface area contributed by atoms with E-state index in [-0.39, 0.29) is 11.3 Å². The standard InChI is InChI=1S/C31H36N8O/c1-22-5-4-11-38(18-22)19-24-13-27(29-33-10-12-39(29)20-24)30(40)35-26-7-3-6-25(14-26)31(15-23(16-31)8-9-32)17-28-36-34-21-37(28)2/h3,6-7,10,12-14,20-23H,4-5,8,11,15-19H2,1-2H3,(H,35,40)/t22-,23?,31?/m0/s1. The number of rotatable bonds is 8. The molecule has 9 nitrogen and oxygen atoms in total. The molecule has 0 bridgehead atoms. The first kappa shape index (κ1) is 26.2. The molecule has 9 heteroatoms. The minimum atomic E-state index is -0.166. The highest BCUT2D eigenvalue weighted by Crippen LogP contribution is 2.51. The first-order chi connectivity index (χ1) is 19.4. The van der Waals surface area contributed by atoms with Crippen LogP contribution in [0, 0.1) is 23.2 Å². The average Bonchev–Trinajstić information content (AvgIpc) is 3.55. The molecular weight excluding hydrogens is 500 g/mol. The quantitative estimate of drug-likeness (QED) is 0.349. The molecule has 6 rings (SSSR count). The van der Waals surface area contributed by atoms with Gasteiger partial charge in [-0.3, -0.25) is 9.69 Å². The van der Waals surface area contributed by atoms with Gasteiger partial charge in [0.1, 0.15) is 17.8 Å². The summed E-state index contributed by atoms with van der Waals surface area (Å²) in [5.41, 5.74) is 4.11. The van der Waals surface area contributed by atoms with Crippen LogP contribution in [0.1, 0.15) is 66.3 Å². The number of anilines is 1. The van der Waals surface area contributed by atoms with Gasteiger partial charge in [-0.05, 0) is 73.4 Å². The molecule has 2 fully saturated rings. The van der Waals surface area contributed by atoms with Crippen LogP contribution in [-0.4, -0.2) is 48.0 Å². The maximum Gasteiger partial charge on any atom is 0.259 e. The minimum absolute atomic E-state index is 0.134. The van der Waals surface area contributed by atoms with Gasteiger partial charge < -0.3 is 14.3 Å². The number of likely N-dealkylation sites (tertiary alicyclic amines) is 1. The lowest BCUT2D eigenvalue weighted by molar-refractivity contribution is 0.102. The predicted octanol–water partition coefficient (Wildman–Crippen LogP) is 4.75. The fourth-order valence-electron chi connectivity index (χ4n) is 6.73. The Morgan fingerprint density at radius 3 is 2.92 bits per heavy atom. The molecule has 1 N–H and O–H groups in total. The molecular formula is C31H36N8O. The topological polar surface area (TPSA) is 104 Å². The van der Waals surface area contributed by atoms with E-state index in [1.807, 2.05) is 40.4 Å². The van der Waals surface area contributed by atoms with Crippen LogP contribution >= 0.6 is 0 Å². The number of aromatic nitrogens is 5. The van der Waals surface area contributed by atoms with Crippen LogP contribution in [0.25, 0.3) is 5.65 Å². The summed E-state index contributed by atoms with van der Waals surface area (Å²) in [5, 5.41) is 20.8. The highest BCUT2D eigenvalue weighted by Gasteiger charge is 2.46. The third-order valence-corrected chi connectivity index (χ3v) is 8.71. The van der Waals surface area contributed by atoms with E-state index in [9.17, 15) is 10.1 Å². The van der Waals surface area contributed by atoms with Crippen molar-refractivity contribution in [3.8, 4) is 6.07 Å². The van der Waals surface area contributed by atoms with Gasteiger partial charge in [-0.1, -0.05) is 19.1 Å². The molecule has 0 spiro atoms. The fourth-order valence-corrected chi connectivity index (χ4v) is 6.73. The van der Waals surface area contributed by atoms with E-state index in [2.05, 4.69) is 56.7 Å². The van der Waals surface area contributed by atoms with E-state index in [0.29, 0.717) is 29.5 Å². The molecule has 4 heterocycles. The Morgan fingerprint density at radius 2 is 2.15 bits per heavy atom. The molecule has 1 saturated carbocycles. The number of carbonyl (C=O) groups is 1. The normalized spacial score (nSPS) is 23.0. The molecule has 0 radical (unpaired) electrons. The summed E-state index contributed by atoms with van der Waals surface area (Å²) in [4.78, 5) is 20.6. The van der Waals surface area contributed by atoms with Crippen molar-refractivity contribution in [1.82, 2.24) is 29.0 Å². The summed E-state index contributed by atoms with van der Waals surface area (Å²) in [5.74, 6) is 1.83. The van der Waals surface area contributed by atoms with Gasteiger partial charge in [0.15, 0.2) is 0 Å². The van der Waals surface area contributed by atoms with E-state index in [1.54, 1.807) is 12.5 Å². The van der Waals surface area contributed by atoms with Crippen LogP contribution in [0.15, 0.2) is 55.2 Å². The van der Waals surface area contributed by atoms with Crippen molar-refractivity contribution in [2.45, 2.75) is 57.4 Å². The fraction of sp³-hybridized carbons (Fsp3) is 0.452. The van der Waals surface area contributed by atoms with Gasteiger partial charge in [0, 0.05) is 62.7 Å². The predicted molar refractivity (Wildman–Crippen MR) is 153 cm³/mol. The van der Waals surface area contributed by atoms with E-state index in [4.69, 9.17) is 0 Å². The third-order valence-electron chi connectivity index (χ3n) is 8.71. The molecule has 1 aliphatic carbocycles. The Labute approximate surface area is 234 Å². The van der Waals surface area contributed by atoms with E-state index in [1.165, 1.54) is 12.8 Å². The zero-order valence-electron chi connectivity index (χ0n) is 23.3. The number of fused-ring (bicyclic) bond motifs is 1. The summed E-state index contributed by atoms with van der Waals surface area (Å²) in [6, 6.07) is 12.5. The first-order valence-electron chi connectivity index (χ1n) is 14.2. The van der Waals surface area contributed by atoms with Gasteiger partial charge in [-0.2, -0.15) is 5.26 Å². The number of hydrogen-bond acceptors (Lipinski definition) is 6. The lowest BCUT2D eigenvalue weighted by atomic mass is 9.56.